The Labute approximate surface area is 201 Å². The molecule has 2 aromatic heterocycles. The Morgan fingerprint density at radius 2 is 1.88 bits per heavy atom. The Morgan fingerprint density at radius 3 is 2.47 bits per heavy atom. The summed E-state index contributed by atoms with van der Waals surface area (Å²) >= 11 is 0. The fourth-order valence-corrected chi connectivity index (χ4v) is 2.98. The summed E-state index contributed by atoms with van der Waals surface area (Å²) in [5.41, 5.74) is 1.51. The number of benzene rings is 1. The van der Waals surface area contributed by atoms with Gasteiger partial charge in [0.15, 0.2) is 11.6 Å². The number of methoxy groups -OCH3 is 1. The molecule has 34 heavy (non-hydrogen) atoms. The van der Waals surface area contributed by atoms with Crippen molar-refractivity contribution >= 4 is 52.5 Å². The van der Waals surface area contributed by atoms with Crippen molar-refractivity contribution in [2.75, 3.05) is 17.7 Å². The second kappa shape index (κ2) is 10.0. The smallest absolute Gasteiger partial charge is 0.253 e. The molecule has 0 aliphatic rings. The van der Waals surface area contributed by atoms with Crippen molar-refractivity contribution in [3.8, 4) is 17.1 Å². The van der Waals surface area contributed by atoms with Gasteiger partial charge in [-0.3, -0.25) is 14.3 Å². The summed E-state index contributed by atoms with van der Waals surface area (Å²) in [6.07, 6.45) is 2.85. The molecule has 3 rings (SSSR count). The van der Waals surface area contributed by atoms with E-state index in [4.69, 9.17) is 28.3 Å². The molecule has 0 spiro atoms. The molecule has 2 amide bonds. The van der Waals surface area contributed by atoms with E-state index in [-0.39, 0.29) is 23.2 Å². The van der Waals surface area contributed by atoms with Crippen molar-refractivity contribution < 1.29 is 14.3 Å². The normalized spacial score (nSPS) is 11.2. The first-order valence-corrected chi connectivity index (χ1v) is 10.3. The van der Waals surface area contributed by atoms with E-state index in [1.807, 2.05) is 0 Å². The molecule has 0 aliphatic heterocycles. The zero-order valence-electron chi connectivity index (χ0n) is 19.3. The molecule has 3 aromatic rings. The van der Waals surface area contributed by atoms with Crippen LogP contribution in [0.1, 0.15) is 24.2 Å². The Kier molecular flexibility index (Phi) is 7.33. The van der Waals surface area contributed by atoms with Crippen LogP contribution in [0.15, 0.2) is 36.8 Å². The van der Waals surface area contributed by atoms with Gasteiger partial charge in [0.25, 0.3) is 5.91 Å². The zero-order valence-corrected chi connectivity index (χ0v) is 19.3. The van der Waals surface area contributed by atoms with Crippen LogP contribution in [0, 0.1) is 5.92 Å². The second-order valence-corrected chi connectivity index (χ2v) is 7.90. The highest BCUT2D eigenvalue weighted by Gasteiger charge is 2.21. The van der Waals surface area contributed by atoms with E-state index < -0.39 is 11.1 Å². The number of nitrogens with one attached hydrogen (secondary N) is 3. The number of aromatic nitrogens is 4. The summed E-state index contributed by atoms with van der Waals surface area (Å²) in [5, 5.41) is 10.5. The fourth-order valence-electron chi connectivity index (χ4n) is 2.98. The monoisotopic (exact) mass is 453 g/mol. The van der Waals surface area contributed by atoms with Crippen molar-refractivity contribution in [1.82, 2.24) is 25.1 Å². The van der Waals surface area contributed by atoms with E-state index >= 15 is 0 Å². The molecular weight excluding hydrogens is 431 g/mol. The van der Waals surface area contributed by atoms with Crippen LogP contribution < -0.4 is 20.7 Å². The van der Waals surface area contributed by atoms with Crippen LogP contribution in [0.25, 0.3) is 11.4 Å². The fraction of sp³-hybridized carbons (Fsp3) is 0.286. The number of carbonyl (C=O) groups excluding carboxylic acids is 2. The number of hydrogen-bond donors (Lipinski definition) is 3. The highest BCUT2D eigenvalue weighted by Crippen LogP contribution is 2.37. The van der Waals surface area contributed by atoms with Crippen LogP contribution in [0.5, 0.6) is 5.75 Å². The summed E-state index contributed by atoms with van der Waals surface area (Å²) < 4.78 is 7.19. The summed E-state index contributed by atoms with van der Waals surface area (Å²) in [7, 11) is 19.8. The molecule has 2 heterocycles. The van der Waals surface area contributed by atoms with Gasteiger partial charge < -0.3 is 20.7 Å². The van der Waals surface area contributed by atoms with Crippen LogP contribution >= 0.6 is 0 Å². The number of rotatable bonds is 8. The average molecular weight is 453 g/mol. The summed E-state index contributed by atoms with van der Waals surface area (Å²) in [6.45, 7) is 3.50. The molecule has 6 radical (unpaired) electrons. The van der Waals surface area contributed by atoms with Gasteiger partial charge in [-0.2, -0.15) is 5.10 Å². The number of hydrogen-bond acceptors (Lipinski definition) is 7. The predicted molar refractivity (Wildman–Crippen MR) is 131 cm³/mol. The number of carbonyl (C=O) groups is 2. The molecule has 13 heteroatoms. The molecule has 168 valence electrons. The van der Waals surface area contributed by atoms with Crippen LogP contribution in [0.4, 0.5) is 17.2 Å². The zero-order chi connectivity index (χ0) is 25.0. The molecule has 0 atom stereocenters. The van der Waals surface area contributed by atoms with Crippen molar-refractivity contribution in [2.45, 2.75) is 19.1 Å². The van der Waals surface area contributed by atoms with E-state index in [1.54, 1.807) is 50.1 Å². The van der Waals surface area contributed by atoms with Gasteiger partial charge in [-0.15, -0.1) is 0 Å². The van der Waals surface area contributed by atoms with Crippen LogP contribution in [-0.2, 0) is 11.8 Å². The standard InChI is InChI=1S/C21H22B3N7O3/c1-11(2)19(32)28-16-8-15(13(9-25-16)20(33)29-21(22,23)24)27-14-7-5-6-12(17(14)34-4)18-26-10-31(3)30-18/h5-11H,1-4H3,(H,29,33)(H2,25,27,28,32). The van der Waals surface area contributed by atoms with Crippen molar-refractivity contribution in [1.29, 1.82) is 0 Å². The van der Waals surface area contributed by atoms with E-state index in [0.29, 0.717) is 28.5 Å². The van der Waals surface area contributed by atoms with Gasteiger partial charge in [-0.25, -0.2) is 9.97 Å². The summed E-state index contributed by atoms with van der Waals surface area (Å²) in [5.74, 6) is -0.0442. The number of nitrogens with zero attached hydrogens (tertiary/aromatic N) is 4. The molecule has 3 N–H and O–H groups in total. The summed E-state index contributed by atoms with van der Waals surface area (Å²) in [6, 6.07) is 6.84. The Morgan fingerprint density at radius 1 is 1.15 bits per heavy atom. The largest absolute Gasteiger partial charge is 0.494 e. The van der Waals surface area contributed by atoms with Gasteiger partial charge in [0.05, 0.1) is 53.2 Å². The van der Waals surface area contributed by atoms with Gasteiger partial charge in [0.1, 0.15) is 12.1 Å². The third-order valence-corrected chi connectivity index (χ3v) is 4.58. The maximum absolute atomic E-state index is 12.8. The molecule has 0 fully saturated rings. The maximum Gasteiger partial charge on any atom is 0.253 e. The topological polar surface area (TPSA) is 123 Å². The number of pyridine rings is 1. The lowest BCUT2D eigenvalue weighted by molar-refractivity contribution is -0.118. The van der Waals surface area contributed by atoms with E-state index in [9.17, 15) is 9.59 Å². The molecule has 0 unspecified atom stereocenters. The molecular formula is C21H22B3N7O3. The maximum atomic E-state index is 12.8. The van der Waals surface area contributed by atoms with E-state index in [2.05, 4.69) is 31.0 Å². The first-order valence-electron chi connectivity index (χ1n) is 10.3. The first-order chi connectivity index (χ1) is 16.0. The molecule has 10 nitrogen and oxygen atoms in total. The lowest BCUT2D eigenvalue weighted by Gasteiger charge is -2.23. The Hall–Kier alpha value is -3.76. The minimum atomic E-state index is -1.94. The number of ether oxygens (including phenoxy) is 1. The van der Waals surface area contributed by atoms with Crippen molar-refractivity contribution in [3.05, 3.63) is 42.4 Å². The van der Waals surface area contributed by atoms with Crippen molar-refractivity contribution in [2.24, 2.45) is 13.0 Å². The average Bonchev–Trinajstić information content (AvgIpc) is 3.18. The minimum absolute atomic E-state index is 0.0803. The third-order valence-electron chi connectivity index (χ3n) is 4.58. The van der Waals surface area contributed by atoms with Gasteiger partial charge in [-0.1, -0.05) is 25.2 Å². The van der Waals surface area contributed by atoms with Crippen LogP contribution in [0.2, 0.25) is 0 Å². The van der Waals surface area contributed by atoms with E-state index in [1.165, 1.54) is 19.4 Å². The van der Waals surface area contributed by atoms with Gasteiger partial charge in [0, 0.05) is 25.2 Å². The lowest BCUT2D eigenvalue weighted by Crippen LogP contribution is -2.50. The van der Waals surface area contributed by atoms with Crippen LogP contribution in [-0.4, -0.2) is 67.4 Å². The highest BCUT2D eigenvalue weighted by molar-refractivity contribution is 6.60. The lowest BCUT2D eigenvalue weighted by atomic mass is 9.49. The Bertz CT molecular complexity index is 1210. The number of anilines is 3. The highest BCUT2D eigenvalue weighted by atomic mass is 16.5. The predicted octanol–water partition coefficient (Wildman–Crippen LogP) is 1.07. The third kappa shape index (κ3) is 5.97. The first kappa shape index (κ1) is 24.9. The molecule has 0 saturated carbocycles. The second-order valence-electron chi connectivity index (χ2n) is 7.90. The minimum Gasteiger partial charge on any atom is -0.494 e. The molecule has 1 aromatic carbocycles. The van der Waals surface area contributed by atoms with Gasteiger partial charge in [-0.05, 0) is 12.1 Å². The van der Waals surface area contributed by atoms with Gasteiger partial charge in [0.2, 0.25) is 5.91 Å². The van der Waals surface area contributed by atoms with Crippen molar-refractivity contribution in [3.63, 3.8) is 0 Å². The van der Waals surface area contributed by atoms with E-state index in [0.717, 1.165) is 0 Å². The number of amides is 2. The molecule has 0 bridgehead atoms. The molecule has 0 saturated heterocycles. The molecule has 0 aliphatic carbocycles. The number of aryl methyl sites for hydroxylation is 1. The summed E-state index contributed by atoms with van der Waals surface area (Å²) in [4.78, 5) is 33.4. The Balaban J connectivity index is 2.06. The number of para-hydroxylation sites is 1. The SMILES string of the molecule is [B]C([B])([B])NC(=O)c1cnc(NC(=O)C(C)C)cc1Nc1cccc(-c2ncn(C)n2)c1OC. The van der Waals surface area contributed by atoms with Gasteiger partial charge >= 0.3 is 0 Å². The van der Waals surface area contributed by atoms with Crippen LogP contribution in [0.3, 0.4) is 0 Å². The quantitative estimate of drug-likeness (QED) is 0.437.